The van der Waals surface area contributed by atoms with Crippen molar-refractivity contribution in [2.45, 2.75) is 55.2 Å². The lowest BCUT2D eigenvalue weighted by molar-refractivity contribution is 0.136. The molecule has 1 heterocycles. The number of aromatic nitrogens is 3. The highest BCUT2D eigenvalue weighted by Gasteiger charge is 2.26. The van der Waals surface area contributed by atoms with E-state index in [2.05, 4.69) is 22.3 Å². The van der Waals surface area contributed by atoms with Crippen LogP contribution in [-0.4, -0.2) is 31.2 Å². The van der Waals surface area contributed by atoms with Gasteiger partial charge in [0.25, 0.3) is 0 Å². The average molecular weight is 319 g/mol. The van der Waals surface area contributed by atoms with Crippen molar-refractivity contribution in [3.63, 3.8) is 0 Å². The highest BCUT2D eigenvalue weighted by molar-refractivity contribution is 7.99. The third-order valence-corrected chi connectivity index (χ3v) is 5.49. The van der Waals surface area contributed by atoms with Gasteiger partial charge in [-0.3, -0.25) is 4.57 Å². The first-order valence-electron chi connectivity index (χ1n) is 7.78. The van der Waals surface area contributed by atoms with Crippen LogP contribution in [0.15, 0.2) is 40.3 Å². The first kappa shape index (κ1) is 15.4. The van der Waals surface area contributed by atoms with Crippen LogP contribution in [0.1, 0.15) is 31.2 Å². The summed E-state index contributed by atoms with van der Waals surface area (Å²) in [5.74, 6) is 0. The van der Waals surface area contributed by atoms with Gasteiger partial charge in [0.05, 0.1) is 6.10 Å². The minimum atomic E-state index is -0.298. The zero-order valence-electron chi connectivity index (χ0n) is 12.4. The summed E-state index contributed by atoms with van der Waals surface area (Å²) in [6, 6.07) is 10.1. The number of aromatic amines is 1. The summed E-state index contributed by atoms with van der Waals surface area (Å²) in [4.78, 5) is 12.0. The Hall–Kier alpha value is -1.53. The van der Waals surface area contributed by atoms with Gasteiger partial charge in [0.15, 0.2) is 5.16 Å². The smallest absolute Gasteiger partial charge is 0.343 e. The van der Waals surface area contributed by atoms with Gasteiger partial charge in [-0.15, -0.1) is 5.10 Å². The number of benzene rings is 1. The Morgan fingerprint density at radius 2 is 2.05 bits per heavy atom. The fourth-order valence-corrected chi connectivity index (χ4v) is 4.07. The SMILES string of the molecule is O=c1[nH]nc(SC2CCCCC2O)n1CCc1ccccc1. The Morgan fingerprint density at radius 1 is 1.27 bits per heavy atom. The van der Waals surface area contributed by atoms with Crippen molar-refractivity contribution in [3.8, 4) is 0 Å². The van der Waals surface area contributed by atoms with E-state index in [-0.39, 0.29) is 17.0 Å². The number of thioether (sulfide) groups is 1. The summed E-state index contributed by atoms with van der Waals surface area (Å²) in [7, 11) is 0. The van der Waals surface area contributed by atoms with E-state index >= 15 is 0 Å². The van der Waals surface area contributed by atoms with Crippen LogP contribution in [0.5, 0.6) is 0 Å². The number of aliphatic hydroxyl groups excluding tert-OH is 1. The molecule has 2 unspecified atom stereocenters. The number of hydrogen-bond acceptors (Lipinski definition) is 4. The Labute approximate surface area is 133 Å². The largest absolute Gasteiger partial charge is 0.392 e. The maximum atomic E-state index is 12.0. The summed E-state index contributed by atoms with van der Waals surface area (Å²) in [6.07, 6.45) is 4.53. The van der Waals surface area contributed by atoms with E-state index in [4.69, 9.17) is 0 Å². The van der Waals surface area contributed by atoms with Crippen molar-refractivity contribution >= 4 is 11.8 Å². The number of aliphatic hydroxyl groups is 1. The molecule has 2 atom stereocenters. The van der Waals surface area contributed by atoms with Gasteiger partial charge in [0, 0.05) is 11.8 Å². The monoisotopic (exact) mass is 319 g/mol. The standard InChI is InChI=1S/C16H21N3O2S/c20-13-8-4-5-9-14(13)22-16-18-17-15(21)19(16)11-10-12-6-2-1-3-7-12/h1-3,6-7,13-14,20H,4-5,8-11H2,(H,17,21). The van der Waals surface area contributed by atoms with Crippen molar-refractivity contribution < 1.29 is 5.11 Å². The zero-order valence-corrected chi connectivity index (χ0v) is 13.3. The Morgan fingerprint density at radius 3 is 2.82 bits per heavy atom. The minimum absolute atomic E-state index is 0.138. The molecule has 0 spiro atoms. The second-order valence-electron chi connectivity index (χ2n) is 5.71. The van der Waals surface area contributed by atoms with Crippen LogP contribution in [-0.2, 0) is 13.0 Å². The Bertz CT molecular complexity index is 653. The number of nitrogens with zero attached hydrogens (tertiary/aromatic N) is 2. The molecule has 3 rings (SSSR count). The predicted octanol–water partition coefficient (Wildman–Crippen LogP) is 2.21. The highest BCUT2D eigenvalue weighted by atomic mass is 32.2. The third kappa shape index (κ3) is 3.62. The molecule has 22 heavy (non-hydrogen) atoms. The molecular formula is C16H21N3O2S. The van der Waals surface area contributed by atoms with Crippen LogP contribution in [0.3, 0.4) is 0 Å². The molecule has 0 aliphatic heterocycles. The topological polar surface area (TPSA) is 70.9 Å². The van der Waals surface area contributed by atoms with Crippen LogP contribution in [0.4, 0.5) is 0 Å². The molecule has 118 valence electrons. The molecule has 0 bridgehead atoms. The Balaban J connectivity index is 1.69. The van der Waals surface area contributed by atoms with Crippen molar-refractivity contribution in [2.24, 2.45) is 0 Å². The van der Waals surface area contributed by atoms with Crippen LogP contribution in [0, 0.1) is 0 Å². The van der Waals surface area contributed by atoms with Crippen LogP contribution in [0.25, 0.3) is 0 Å². The van der Waals surface area contributed by atoms with Crippen LogP contribution in [0.2, 0.25) is 0 Å². The summed E-state index contributed by atoms with van der Waals surface area (Å²) in [5, 5.41) is 17.6. The van der Waals surface area contributed by atoms with E-state index < -0.39 is 0 Å². The van der Waals surface area contributed by atoms with Gasteiger partial charge in [0.1, 0.15) is 0 Å². The maximum Gasteiger partial charge on any atom is 0.343 e. The fourth-order valence-electron chi connectivity index (χ4n) is 2.83. The molecule has 1 aromatic heterocycles. The molecule has 1 aliphatic rings. The average Bonchev–Trinajstić information content (AvgIpc) is 2.89. The van der Waals surface area contributed by atoms with Crippen molar-refractivity contribution in [1.29, 1.82) is 0 Å². The lowest BCUT2D eigenvalue weighted by Gasteiger charge is -2.26. The summed E-state index contributed by atoms with van der Waals surface area (Å²) in [6.45, 7) is 0.602. The molecule has 1 saturated carbocycles. The van der Waals surface area contributed by atoms with Gasteiger partial charge in [0.2, 0.25) is 0 Å². The maximum absolute atomic E-state index is 12.0. The fraction of sp³-hybridized carbons (Fsp3) is 0.500. The minimum Gasteiger partial charge on any atom is -0.392 e. The van der Waals surface area contributed by atoms with E-state index in [0.717, 1.165) is 32.1 Å². The quantitative estimate of drug-likeness (QED) is 0.886. The lowest BCUT2D eigenvalue weighted by atomic mass is 9.97. The van der Waals surface area contributed by atoms with Crippen molar-refractivity contribution in [3.05, 3.63) is 46.4 Å². The van der Waals surface area contributed by atoms with Gasteiger partial charge < -0.3 is 5.11 Å². The lowest BCUT2D eigenvalue weighted by Crippen LogP contribution is -2.27. The molecule has 1 aromatic carbocycles. The van der Waals surface area contributed by atoms with Gasteiger partial charge in [-0.1, -0.05) is 54.9 Å². The van der Waals surface area contributed by atoms with Gasteiger partial charge in [-0.25, -0.2) is 9.89 Å². The van der Waals surface area contributed by atoms with E-state index in [1.165, 1.54) is 17.3 Å². The highest BCUT2D eigenvalue weighted by Crippen LogP contribution is 2.32. The summed E-state index contributed by atoms with van der Waals surface area (Å²) in [5.41, 5.74) is 1.02. The molecule has 1 fully saturated rings. The molecule has 2 aromatic rings. The van der Waals surface area contributed by atoms with E-state index in [1.54, 1.807) is 4.57 Å². The van der Waals surface area contributed by atoms with Crippen LogP contribution < -0.4 is 5.69 Å². The molecule has 0 amide bonds. The third-order valence-electron chi connectivity index (χ3n) is 4.11. The summed E-state index contributed by atoms with van der Waals surface area (Å²) < 4.78 is 1.68. The van der Waals surface area contributed by atoms with Crippen molar-refractivity contribution in [2.75, 3.05) is 0 Å². The normalized spacial score (nSPS) is 21.9. The first-order chi connectivity index (χ1) is 10.7. The van der Waals surface area contributed by atoms with E-state index in [0.29, 0.717) is 11.7 Å². The molecular weight excluding hydrogens is 298 g/mol. The van der Waals surface area contributed by atoms with Gasteiger partial charge >= 0.3 is 5.69 Å². The Kier molecular flexibility index (Phi) is 5.00. The second-order valence-corrected chi connectivity index (χ2v) is 6.91. The van der Waals surface area contributed by atoms with E-state index in [1.807, 2.05) is 18.2 Å². The molecule has 1 aliphatic carbocycles. The van der Waals surface area contributed by atoms with Crippen molar-refractivity contribution in [1.82, 2.24) is 14.8 Å². The first-order valence-corrected chi connectivity index (χ1v) is 8.66. The molecule has 5 nitrogen and oxygen atoms in total. The summed E-state index contributed by atoms with van der Waals surface area (Å²) >= 11 is 1.53. The molecule has 2 N–H and O–H groups in total. The van der Waals surface area contributed by atoms with E-state index in [9.17, 15) is 9.90 Å². The van der Waals surface area contributed by atoms with Crippen LogP contribution >= 0.6 is 11.8 Å². The number of nitrogens with one attached hydrogen (secondary N) is 1. The van der Waals surface area contributed by atoms with Gasteiger partial charge in [-0.05, 0) is 24.8 Å². The van der Waals surface area contributed by atoms with Gasteiger partial charge in [-0.2, -0.15) is 0 Å². The number of H-pyrrole nitrogens is 1. The second kappa shape index (κ2) is 7.15. The number of hydrogen-bond donors (Lipinski definition) is 2. The number of aryl methyl sites for hydroxylation is 1. The molecule has 0 saturated heterocycles. The molecule has 6 heteroatoms. The zero-order chi connectivity index (χ0) is 15.4. The predicted molar refractivity (Wildman–Crippen MR) is 87.1 cm³/mol. The number of rotatable bonds is 5. The molecule has 0 radical (unpaired) electrons.